The summed E-state index contributed by atoms with van der Waals surface area (Å²) in [5.74, 6) is -0.183. The lowest BCUT2D eigenvalue weighted by Gasteiger charge is -2.38. The van der Waals surface area contributed by atoms with Crippen molar-refractivity contribution in [2.45, 2.75) is 51.9 Å². The van der Waals surface area contributed by atoms with E-state index < -0.39 is 0 Å². The Balaban J connectivity index is 2.12. The first kappa shape index (κ1) is 15.8. The Morgan fingerprint density at radius 2 is 2.00 bits per heavy atom. The van der Waals surface area contributed by atoms with Crippen LogP contribution >= 0.6 is 11.6 Å². The predicted molar refractivity (Wildman–Crippen MR) is 83.8 cm³/mol. The van der Waals surface area contributed by atoms with Crippen molar-refractivity contribution in [1.82, 2.24) is 5.32 Å². The maximum absolute atomic E-state index is 13.5. The molecule has 0 aliphatic heterocycles. The molecule has 0 radical (unpaired) electrons. The Bertz CT molecular complexity index is 427. The van der Waals surface area contributed by atoms with Gasteiger partial charge in [-0.05, 0) is 61.4 Å². The molecule has 1 fully saturated rings. The summed E-state index contributed by atoms with van der Waals surface area (Å²) in [6.07, 6.45) is 8.36. The fourth-order valence-corrected chi connectivity index (χ4v) is 3.52. The molecule has 2 rings (SSSR count). The van der Waals surface area contributed by atoms with Crippen molar-refractivity contribution in [1.29, 1.82) is 0 Å². The molecule has 1 aromatic carbocycles. The molecule has 1 aliphatic rings. The second kappa shape index (κ2) is 7.42. The molecule has 1 aliphatic carbocycles. The van der Waals surface area contributed by atoms with Crippen LogP contribution in [0.1, 0.15) is 51.0 Å². The first-order valence-corrected chi connectivity index (χ1v) is 8.18. The Morgan fingerprint density at radius 1 is 1.25 bits per heavy atom. The summed E-state index contributed by atoms with van der Waals surface area (Å²) in [5.41, 5.74) is 1.22. The Kier molecular flexibility index (Phi) is 5.86. The van der Waals surface area contributed by atoms with Gasteiger partial charge in [-0.15, -0.1) is 0 Å². The Hall–Kier alpha value is -0.600. The second-order valence-corrected chi connectivity index (χ2v) is 6.56. The standard InChI is InChI=1S/C17H25ClFN/c1-2-10-20-13-17(8-4-3-5-9-17)12-14-11-15(19)6-7-16(14)18/h6-7,11,20H,2-5,8-10,12-13H2,1H3. The molecule has 20 heavy (non-hydrogen) atoms. The molecule has 0 heterocycles. The van der Waals surface area contributed by atoms with Crippen molar-refractivity contribution < 1.29 is 4.39 Å². The molecule has 1 saturated carbocycles. The SMILES string of the molecule is CCCNCC1(Cc2cc(F)ccc2Cl)CCCCC1. The molecule has 0 unspecified atom stereocenters. The summed E-state index contributed by atoms with van der Waals surface area (Å²) < 4.78 is 13.5. The van der Waals surface area contributed by atoms with Crippen LogP contribution in [-0.4, -0.2) is 13.1 Å². The topological polar surface area (TPSA) is 12.0 Å². The van der Waals surface area contributed by atoms with Gasteiger partial charge >= 0.3 is 0 Å². The lowest BCUT2D eigenvalue weighted by Crippen LogP contribution is -2.38. The monoisotopic (exact) mass is 297 g/mol. The summed E-state index contributed by atoms with van der Waals surface area (Å²) in [5, 5.41) is 4.26. The number of benzene rings is 1. The Labute approximate surface area is 126 Å². The van der Waals surface area contributed by atoms with Crippen LogP contribution in [0.2, 0.25) is 5.02 Å². The van der Waals surface area contributed by atoms with E-state index >= 15 is 0 Å². The molecule has 1 aromatic rings. The first-order chi connectivity index (χ1) is 9.65. The van der Waals surface area contributed by atoms with Crippen LogP contribution < -0.4 is 5.32 Å². The van der Waals surface area contributed by atoms with Gasteiger partial charge in [0.1, 0.15) is 5.82 Å². The quantitative estimate of drug-likeness (QED) is 0.731. The lowest BCUT2D eigenvalue weighted by molar-refractivity contribution is 0.181. The first-order valence-electron chi connectivity index (χ1n) is 7.80. The number of hydrogen-bond donors (Lipinski definition) is 1. The fraction of sp³-hybridized carbons (Fsp3) is 0.647. The van der Waals surface area contributed by atoms with Gasteiger partial charge in [0.2, 0.25) is 0 Å². The van der Waals surface area contributed by atoms with Crippen molar-refractivity contribution in [2.75, 3.05) is 13.1 Å². The number of nitrogens with one attached hydrogen (secondary N) is 1. The van der Waals surface area contributed by atoms with E-state index in [9.17, 15) is 4.39 Å². The molecule has 1 N–H and O–H groups in total. The normalized spacial score (nSPS) is 18.1. The van der Waals surface area contributed by atoms with Crippen molar-refractivity contribution in [3.63, 3.8) is 0 Å². The summed E-state index contributed by atoms with van der Waals surface area (Å²) in [4.78, 5) is 0. The minimum atomic E-state index is -0.183. The average Bonchev–Trinajstić information content (AvgIpc) is 2.44. The van der Waals surface area contributed by atoms with Crippen LogP contribution in [0.15, 0.2) is 18.2 Å². The van der Waals surface area contributed by atoms with Crippen LogP contribution in [0.5, 0.6) is 0 Å². The molecule has 0 saturated heterocycles. The van der Waals surface area contributed by atoms with Gasteiger partial charge < -0.3 is 5.32 Å². The van der Waals surface area contributed by atoms with E-state index in [2.05, 4.69) is 12.2 Å². The molecule has 0 bridgehead atoms. The second-order valence-electron chi connectivity index (χ2n) is 6.15. The van der Waals surface area contributed by atoms with E-state index in [0.717, 1.165) is 31.5 Å². The molecular weight excluding hydrogens is 273 g/mol. The van der Waals surface area contributed by atoms with E-state index in [4.69, 9.17) is 11.6 Å². The number of rotatable bonds is 6. The molecule has 1 nitrogen and oxygen atoms in total. The third kappa shape index (κ3) is 4.20. The molecule has 0 aromatic heterocycles. The number of hydrogen-bond acceptors (Lipinski definition) is 1. The molecule has 0 spiro atoms. The van der Waals surface area contributed by atoms with Crippen molar-refractivity contribution in [3.05, 3.63) is 34.6 Å². The maximum atomic E-state index is 13.5. The van der Waals surface area contributed by atoms with Gasteiger partial charge in [0.15, 0.2) is 0 Å². The van der Waals surface area contributed by atoms with Crippen molar-refractivity contribution in [3.8, 4) is 0 Å². The van der Waals surface area contributed by atoms with Crippen molar-refractivity contribution in [2.24, 2.45) is 5.41 Å². The average molecular weight is 298 g/mol. The van der Waals surface area contributed by atoms with Gasteiger partial charge in [-0.1, -0.05) is 37.8 Å². The largest absolute Gasteiger partial charge is 0.316 e. The van der Waals surface area contributed by atoms with Gasteiger partial charge in [-0.2, -0.15) is 0 Å². The highest BCUT2D eigenvalue weighted by Gasteiger charge is 2.32. The zero-order valence-corrected chi connectivity index (χ0v) is 13.1. The van der Waals surface area contributed by atoms with E-state index in [1.807, 2.05) is 0 Å². The van der Waals surface area contributed by atoms with E-state index in [0.29, 0.717) is 5.02 Å². The highest BCUT2D eigenvalue weighted by molar-refractivity contribution is 6.31. The molecule has 0 amide bonds. The van der Waals surface area contributed by atoms with Gasteiger partial charge in [0.05, 0.1) is 0 Å². The van der Waals surface area contributed by atoms with Gasteiger partial charge in [0.25, 0.3) is 0 Å². The maximum Gasteiger partial charge on any atom is 0.123 e. The van der Waals surface area contributed by atoms with Crippen LogP contribution in [0.25, 0.3) is 0 Å². The third-order valence-electron chi connectivity index (χ3n) is 4.41. The van der Waals surface area contributed by atoms with E-state index in [1.54, 1.807) is 12.1 Å². The minimum Gasteiger partial charge on any atom is -0.316 e. The minimum absolute atomic E-state index is 0.183. The molecular formula is C17H25ClFN. The highest BCUT2D eigenvalue weighted by atomic mass is 35.5. The van der Waals surface area contributed by atoms with Gasteiger partial charge in [-0.25, -0.2) is 4.39 Å². The summed E-state index contributed by atoms with van der Waals surface area (Å²) in [6.45, 7) is 4.26. The summed E-state index contributed by atoms with van der Waals surface area (Å²) in [7, 11) is 0. The van der Waals surface area contributed by atoms with Crippen LogP contribution in [0, 0.1) is 11.2 Å². The summed E-state index contributed by atoms with van der Waals surface area (Å²) in [6, 6.07) is 4.73. The lowest BCUT2D eigenvalue weighted by atomic mass is 9.70. The zero-order chi connectivity index (χ0) is 14.4. The van der Waals surface area contributed by atoms with Crippen molar-refractivity contribution >= 4 is 11.6 Å². The van der Waals surface area contributed by atoms with Crippen LogP contribution in [-0.2, 0) is 6.42 Å². The third-order valence-corrected chi connectivity index (χ3v) is 4.78. The van der Waals surface area contributed by atoms with Gasteiger partial charge in [0, 0.05) is 11.6 Å². The highest BCUT2D eigenvalue weighted by Crippen LogP contribution is 2.40. The Morgan fingerprint density at radius 3 is 2.70 bits per heavy atom. The molecule has 3 heteroatoms. The van der Waals surface area contributed by atoms with Gasteiger partial charge in [-0.3, -0.25) is 0 Å². The van der Waals surface area contributed by atoms with E-state index in [-0.39, 0.29) is 11.2 Å². The van der Waals surface area contributed by atoms with Crippen LogP contribution in [0.3, 0.4) is 0 Å². The predicted octanol–water partition coefficient (Wildman–Crippen LogP) is 4.97. The summed E-state index contributed by atoms with van der Waals surface area (Å²) >= 11 is 6.25. The molecule has 0 atom stereocenters. The molecule has 112 valence electrons. The van der Waals surface area contributed by atoms with E-state index in [1.165, 1.54) is 38.2 Å². The zero-order valence-electron chi connectivity index (χ0n) is 12.4. The fourth-order valence-electron chi connectivity index (χ4n) is 3.33. The smallest absolute Gasteiger partial charge is 0.123 e. The van der Waals surface area contributed by atoms with Crippen LogP contribution in [0.4, 0.5) is 4.39 Å². The number of halogens is 2.